The van der Waals surface area contributed by atoms with Gasteiger partial charge < -0.3 is 10.6 Å². The lowest BCUT2D eigenvalue weighted by atomic mass is 10.1. The highest BCUT2D eigenvalue weighted by Gasteiger charge is 2.23. The monoisotopic (exact) mass is 379 g/mol. The topological polar surface area (TPSA) is 92.5 Å². The molecule has 0 radical (unpaired) electrons. The number of nitrogens with one attached hydrogen (secondary N) is 1. The third kappa shape index (κ3) is 4.46. The second-order valence-corrected chi connectivity index (χ2v) is 8.88. The maximum Gasteiger partial charge on any atom is 0.253 e. The number of carbonyl (C=O) groups excluding carboxylic acids is 1. The number of carbonyl (C=O) groups is 1. The van der Waals surface area contributed by atoms with Gasteiger partial charge in [-0.25, -0.2) is 13.1 Å². The molecule has 1 aliphatic rings. The molecule has 0 saturated carbocycles. The third-order valence-electron chi connectivity index (χ3n) is 4.17. The Hall–Kier alpha value is -1.74. The van der Waals surface area contributed by atoms with Crippen molar-refractivity contribution in [1.82, 2.24) is 9.62 Å². The van der Waals surface area contributed by atoms with Gasteiger partial charge in [0, 0.05) is 36.1 Å². The van der Waals surface area contributed by atoms with Crippen LogP contribution in [-0.2, 0) is 16.6 Å². The Balaban J connectivity index is 1.67. The van der Waals surface area contributed by atoms with E-state index < -0.39 is 10.0 Å². The molecule has 1 aromatic carbocycles. The van der Waals surface area contributed by atoms with E-state index in [4.69, 9.17) is 5.73 Å². The molecule has 1 unspecified atom stereocenters. The number of thiophene rings is 1. The Morgan fingerprint density at radius 3 is 2.68 bits per heavy atom. The van der Waals surface area contributed by atoms with Crippen LogP contribution in [0.5, 0.6) is 0 Å². The van der Waals surface area contributed by atoms with Crippen LogP contribution < -0.4 is 10.5 Å². The first kappa shape index (κ1) is 18.1. The third-order valence-corrected chi connectivity index (χ3v) is 6.47. The zero-order chi connectivity index (χ0) is 17.9. The van der Waals surface area contributed by atoms with Crippen molar-refractivity contribution in [2.45, 2.75) is 30.3 Å². The zero-order valence-electron chi connectivity index (χ0n) is 13.7. The summed E-state index contributed by atoms with van der Waals surface area (Å²) in [6.45, 7) is 1.49. The molecule has 0 bridgehead atoms. The van der Waals surface area contributed by atoms with Gasteiger partial charge in [0.2, 0.25) is 10.0 Å². The molecule has 0 spiro atoms. The second kappa shape index (κ2) is 7.65. The fourth-order valence-electron chi connectivity index (χ4n) is 2.82. The maximum atomic E-state index is 12.5. The normalized spacial score (nSPS) is 18.3. The van der Waals surface area contributed by atoms with Gasteiger partial charge in [-0.05, 0) is 48.6 Å². The molecule has 1 aromatic heterocycles. The van der Waals surface area contributed by atoms with Crippen LogP contribution in [0.2, 0.25) is 0 Å². The molecule has 2 heterocycles. The van der Waals surface area contributed by atoms with Crippen molar-refractivity contribution in [1.29, 1.82) is 0 Å². The van der Waals surface area contributed by atoms with Gasteiger partial charge >= 0.3 is 0 Å². The molecule has 1 saturated heterocycles. The smallest absolute Gasteiger partial charge is 0.253 e. The molecule has 25 heavy (non-hydrogen) atoms. The van der Waals surface area contributed by atoms with E-state index in [1.54, 1.807) is 17.0 Å². The summed E-state index contributed by atoms with van der Waals surface area (Å²) >= 11 is 1.49. The average molecular weight is 380 g/mol. The molecule has 1 fully saturated rings. The average Bonchev–Trinajstić information content (AvgIpc) is 3.13. The van der Waals surface area contributed by atoms with Crippen LogP contribution in [0, 0.1) is 0 Å². The van der Waals surface area contributed by atoms with Crippen LogP contribution in [0.15, 0.2) is 46.7 Å². The number of hydrogen-bond donors (Lipinski definition) is 2. The van der Waals surface area contributed by atoms with Crippen LogP contribution >= 0.6 is 11.3 Å². The number of nitrogens with zero attached hydrogens (tertiary/aromatic N) is 1. The number of benzene rings is 1. The van der Waals surface area contributed by atoms with Crippen LogP contribution in [0.3, 0.4) is 0 Å². The summed E-state index contributed by atoms with van der Waals surface area (Å²) < 4.78 is 27.2. The Kier molecular flexibility index (Phi) is 5.53. The van der Waals surface area contributed by atoms with E-state index >= 15 is 0 Å². The molecule has 1 amide bonds. The number of nitrogens with two attached hydrogens (primary N) is 1. The minimum absolute atomic E-state index is 0.0128. The van der Waals surface area contributed by atoms with Gasteiger partial charge in [0.1, 0.15) is 0 Å². The standard InChI is InChI=1S/C17H21N3O3S2/c18-14-3-1-9-20(12-14)17(21)13-5-7-16(8-6-13)25(22,23)19-11-15-4-2-10-24-15/h2,4-8,10,14,19H,1,3,9,11-12,18H2. The van der Waals surface area contributed by atoms with Crippen LogP contribution in [0.1, 0.15) is 28.1 Å². The van der Waals surface area contributed by atoms with Gasteiger partial charge in [0.15, 0.2) is 0 Å². The number of hydrogen-bond acceptors (Lipinski definition) is 5. The molecule has 0 aliphatic carbocycles. The van der Waals surface area contributed by atoms with Crippen molar-refractivity contribution in [2.24, 2.45) is 5.73 Å². The van der Waals surface area contributed by atoms with Crippen molar-refractivity contribution < 1.29 is 13.2 Å². The highest BCUT2D eigenvalue weighted by atomic mass is 32.2. The highest BCUT2D eigenvalue weighted by Crippen LogP contribution is 2.16. The molecule has 1 aliphatic heterocycles. The molecule has 134 valence electrons. The fourth-order valence-corrected chi connectivity index (χ4v) is 4.56. The first-order valence-corrected chi connectivity index (χ1v) is 10.5. The molecule has 2 aromatic rings. The van der Waals surface area contributed by atoms with Crippen molar-refractivity contribution in [3.63, 3.8) is 0 Å². The van der Waals surface area contributed by atoms with Gasteiger partial charge in [0.25, 0.3) is 5.91 Å². The fraction of sp³-hybridized carbons (Fsp3) is 0.353. The van der Waals surface area contributed by atoms with Crippen LogP contribution in [0.25, 0.3) is 0 Å². The lowest BCUT2D eigenvalue weighted by Gasteiger charge is -2.30. The molecule has 1 atom stereocenters. The highest BCUT2D eigenvalue weighted by molar-refractivity contribution is 7.89. The Labute approximate surface area is 151 Å². The van der Waals surface area contributed by atoms with E-state index in [-0.39, 0.29) is 23.4 Å². The summed E-state index contributed by atoms with van der Waals surface area (Å²) in [6.07, 6.45) is 1.82. The van der Waals surface area contributed by atoms with Gasteiger partial charge in [0.05, 0.1) is 4.90 Å². The number of likely N-dealkylation sites (tertiary alicyclic amines) is 1. The maximum absolute atomic E-state index is 12.5. The minimum atomic E-state index is -3.60. The van der Waals surface area contributed by atoms with Gasteiger partial charge in [-0.3, -0.25) is 4.79 Å². The summed E-state index contributed by atoms with van der Waals surface area (Å²) in [6, 6.07) is 9.81. The first-order chi connectivity index (χ1) is 12.0. The Morgan fingerprint density at radius 2 is 2.04 bits per heavy atom. The van der Waals surface area contributed by atoms with Crippen molar-refractivity contribution in [2.75, 3.05) is 13.1 Å². The number of piperidine rings is 1. The SMILES string of the molecule is NC1CCCN(C(=O)c2ccc(S(=O)(=O)NCc3cccs3)cc2)C1. The van der Waals surface area contributed by atoms with Gasteiger partial charge in [-0.15, -0.1) is 11.3 Å². The quantitative estimate of drug-likeness (QED) is 0.828. The predicted molar refractivity (Wildman–Crippen MR) is 97.9 cm³/mol. The summed E-state index contributed by atoms with van der Waals surface area (Å²) in [5.41, 5.74) is 6.39. The molecular formula is C17H21N3O3S2. The molecular weight excluding hydrogens is 358 g/mol. The lowest BCUT2D eigenvalue weighted by Crippen LogP contribution is -2.45. The summed E-state index contributed by atoms with van der Waals surface area (Å²) in [7, 11) is -3.60. The molecule has 6 nitrogen and oxygen atoms in total. The molecule has 8 heteroatoms. The molecule has 3 N–H and O–H groups in total. The van der Waals surface area contributed by atoms with Crippen LogP contribution in [-0.4, -0.2) is 38.4 Å². The van der Waals surface area contributed by atoms with E-state index in [9.17, 15) is 13.2 Å². The van der Waals surface area contributed by atoms with Crippen LogP contribution in [0.4, 0.5) is 0 Å². The second-order valence-electron chi connectivity index (χ2n) is 6.08. The summed E-state index contributed by atoms with van der Waals surface area (Å²) in [4.78, 5) is 15.3. The van der Waals surface area contributed by atoms with E-state index in [1.807, 2.05) is 17.5 Å². The Morgan fingerprint density at radius 1 is 1.28 bits per heavy atom. The van der Waals surface area contributed by atoms with E-state index in [0.717, 1.165) is 17.7 Å². The largest absolute Gasteiger partial charge is 0.337 e. The number of amides is 1. The van der Waals surface area contributed by atoms with Gasteiger partial charge in [-0.2, -0.15) is 0 Å². The Bertz CT molecular complexity index is 817. The van der Waals surface area contributed by atoms with Gasteiger partial charge in [-0.1, -0.05) is 6.07 Å². The lowest BCUT2D eigenvalue weighted by molar-refractivity contribution is 0.0708. The van der Waals surface area contributed by atoms with E-state index in [2.05, 4.69) is 4.72 Å². The van der Waals surface area contributed by atoms with Crippen molar-refractivity contribution in [3.05, 3.63) is 52.2 Å². The minimum Gasteiger partial charge on any atom is -0.337 e. The molecule has 3 rings (SSSR count). The first-order valence-electron chi connectivity index (χ1n) is 8.13. The van der Waals surface area contributed by atoms with E-state index in [0.29, 0.717) is 18.7 Å². The van der Waals surface area contributed by atoms with Crippen molar-refractivity contribution >= 4 is 27.3 Å². The van der Waals surface area contributed by atoms with E-state index in [1.165, 1.54) is 23.5 Å². The number of sulfonamides is 1. The van der Waals surface area contributed by atoms with Crippen molar-refractivity contribution in [3.8, 4) is 0 Å². The summed E-state index contributed by atoms with van der Waals surface area (Å²) in [5, 5.41) is 1.90. The zero-order valence-corrected chi connectivity index (χ0v) is 15.4. The summed E-state index contributed by atoms with van der Waals surface area (Å²) in [5.74, 6) is -0.106. The number of rotatable bonds is 5. The predicted octanol–water partition coefficient (Wildman–Crippen LogP) is 1.79.